The van der Waals surface area contributed by atoms with Gasteiger partial charge in [-0.15, -0.1) is 0 Å². The van der Waals surface area contributed by atoms with E-state index in [9.17, 15) is 0 Å². The molecule has 0 bridgehead atoms. The van der Waals surface area contributed by atoms with E-state index in [1.165, 1.54) is 0 Å². The molecule has 7 heteroatoms. The maximum absolute atomic E-state index is 8.54. The lowest BCUT2D eigenvalue weighted by molar-refractivity contribution is 0.0885. The van der Waals surface area contributed by atoms with Gasteiger partial charge >= 0.3 is 0 Å². The second-order valence-corrected chi connectivity index (χ2v) is 12.6. The molecule has 1 aromatic carbocycles. The van der Waals surface area contributed by atoms with Crippen LogP contribution < -0.4 is 0 Å². The number of aromatic nitrogens is 1. The van der Waals surface area contributed by atoms with Crippen LogP contribution in [-0.2, 0) is 18.0 Å². The number of hydrogen-bond donors (Lipinski definition) is 0. The molecule has 0 atom stereocenters. The van der Waals surface area contributed by atoms with Crippen molar-refractivity contribution in [3.63, 3.8) is 0 Å². The molecule has 5 nitrogen and oxygen atoms in total. The molecule has 1 aromatic heterocycles. The van der Waals surface area contributed by atoms with Crippen LogP contribution in [0.5, 0.6) is 0 Å². The molecule has 0 saturated carbocycles. The number of benzene rings is 1. The first kappa shape index (κ1) is 16.9. The van der Waals surface area contributed by atoms with Crippen LogP contribution in [0.3, 0.4) is 0 Å². The van der Waals surface area contributed by atoms with Crippen molar-refractivity contribution in [3.05, 3.63) is 45.4 Å². The van der Waals surface area contributed by atoms with Crippen LogP contribution in [0, 0.1) is 0 Å². The van der Waals surface area contributed by atoms with Gasteiger partial charge in [-0.25, -0.2) is 0 Å². The summed E-state index contributed by atoms with van der Waals surface area (Å²) >= 11 is 6.09. The topological polar surface area (TPSA) is 62.9 Å². The zero-order valence-corrected chi connectivity index (χ0v) is 15.0. The van der Waals surface area contributed by atoms with Crippen LogP contribution >= 0.6 is 11.6 Å². The van der Waals surface area contributed by atoms with Gasteiger partial charge in [0.15, 0.2) is 0 Å². The summed E-state index contributed by atoms with van der Waals surface area (Å²) in [5.74, 6) is 0. The lowest BCUT2D eigenvalue weighted by Crippen LogP contribution is -2.22. The molecule has 0 aliphatic carbocycles. The Morgan fingerprint density at radius 2 is 2.09 bits per heavy atom. The molecule has 1 heterocycles. The molecule has 0 aliphatic rings. The number of halogens is 1. The minimum Gasteiger partial charge on any atom is -0.361 e. The van der Waals surface area contributed by atoms with Gasteiger partial charge < -0.3 is 9.30 Å². The summed E-state index contributed by atoms with van der Waals surface area (Å²) in [7, 11) is -1.10. The Kier molecular flexibility index (Phi) is 5.53. The first-order chi connectivity index (χ1) is 10.4. The van der Waals surface area contributed by atoms with Crippen molar-refractivity contribution < 1.29 is 4.74 Å². The Morgan fingerprint density at radius 1 is 1.32 bits per heavy atom. The fraction of sp³-hybridized carbons (Fsp3) is 0.467. The molecule has 0 aliphatic heterocycles. The summed E-state index contributed by atoms with van der Waals surface area (Å²) in [4.78, 5) is 2.84. The Morgan fingerprint density at radius 3 is 2.77 bits per heavy atom. The number of ether oxygens (including phenoxy) is 1. The van der Waals surface area contributed by atoms with Gasteiger partial charge in [-0.05, 0) is 29.8 Å². The summed E-state index contributed by atoms with van der Waals surface area (Å²) in [6, 6.07) is 8.88. The first-order valence-corrected chi connectivity index (χ1v) is 11.4. The number of azide groups is 1. The van der Waals surface area contributed by atoms with Crippen molar-refractivity contribution in [2.75, 3.05) is 6.61 Å². The van der Waals surface area contributed by atoms with Crippen LogP contribution in [-0.4, -0.2) is 19.2 Å². The molecular weight excluding hydrogens is 316 g/mol. The Bertz CT molecular complexity index is 701. The van der Waals surface area contributed by atoms with E-state index in [2.05, 4.69) is 29.7 Å². The molecule has 0 spiro atoms. The maximum Gasteiger partial charge on any atom is 0.123 e. The Hall–Kier alpha value is -1.46. The van der Waals surface area contributed by atoms with Crippen LogP contribution in [0.2, 0.25) is 30.7 Å². The first-order valence-electron chi connectivity index (χ1n) is 7.27. The molecule has 118 valence electrons. The van der Waals surface area contributed by atoms with E-state index in [4.69, 9.17) is 21.9 Å². The monoisotopic (exact) mass is 336 g/mol. The van der Waals surface area contributed by atoms with E-state index in [0.29, 0.717) is 18.3 Å². The van der Waals surface area contributed by atoms with Gasteiger partial charge in [-0.2, -0.15) is 0 Å². The van der Waals surface area contributed by atoms with E-state index in [1.807, 2.05) is 28.8 Å². The van der Waals surface area contributed by atoms with Crippen LogP contribution in [0.15, 0.2) is 29.4 Å². The number of hydrogen-bond acceptors (Lipinski definition) is 2. The fourth-order valence-electron chi connectivity index (χ4n) is 2.21. The molecule has 0 radical (unpaired) electrons. The third-order valence-corrected chi connectivity index (χ3v) is 5.40. The van der Waals surface area contributed by atoms with Crippen molar-refractivity contribution in [3.8, 4) is 0 Å². The average molecular weight is 337 g/mol. The van der Waals surface area contributed by atoms with E-state index >= 15 is 0 Å². The van der Waals surface area contributed by atoms with E-state index in [-0.39, 0.29) is 0 Å². The number of nitrogens with zero attached hydrogens (tertiary/aromatic N) is 4. The highest BCUT2D eigenvalue weighted by molar-refractivity contribution is 6.76. The van der Waals surface area contributed by atoms with Crippen molar-refractivity contribution in [1.82, 2.24) is 4.57 Å². The Balaban J connectivity index is 2.20. The standard InChI is InChI=1S/C15H21ClN4OSi/c1-22(2,3)7-6-21-11-20-14(10-18-19-17)8-12-4-5-13(16)9-15(12)20/h4-5,8-9H,6-7,10-11H2,1-3H3. The van der Waals surface area contributed by atoms with Crippen LogP contribution in [0.4, 0.5) is 0 Å². The third-order valence-electron chi connectivity index (χ3n) is 3.46. The molecule has 0 unspecified atom stereocenters. The zero-order chi connectivity index (χ0) is 16.2. The maximum atomic E-state index is 8.54. The molecule has 2 aromatic rings. The van der Waals surface area contributed by atoms with Gasteiger partial charge in [0.25, 0.3) is 0 Å². The quantitative estimate of drug-likeness (QED) is 0.219. The third kappa shape index (κ3) is 4.51. The van der Waals surface area contributed by atoms with Gasteiger partial charge in [0.05, 0.1) is 12.1 Å². The second-order valence-electron chi connectivity index (χ2n) is 6.50. The highest BCUT2D eigenvalue weighted by Gasteiger charge is 2.13. The smallest absolute Gasteiger partial charge is 0.123 e. The average Bonchev–Trinajstić information content (AvgIpc) is 2.77. The SMILES string of the molecule is C[Si](C)(C)CCOCn1c(CN=[N+]=[N-])cc2ccc(Cl)cc21. The molecule has 0 amide bonds. The summed E-state index contributed by atoms with van der Waals surface area (Å²) in [6.45, 7) is 8.48. The van der Waals surface area contributed by atoms with Gasteiger partial charge in [-0.3, -0.25) is 0 Å². The fourth-order valence-corrected chi connectivity index (χ4v) is 3.13. The molecule has 22 heavy (non-hydrogen) atoms. The van der Waals surface area contributed by atoms with Crippen molar-refractivity contribution >= 4 is 30.6 Å². The van der Waals surface area contributed by atoms with Crippen molar-refractivity contribution in [2.45, 2.75) is 39.0 Å². The van der Waals surface area contributed by atoms with Crippen molar-refractivity contribution in [2.24, 2.45) is 5.11 Å². The Labute approximate surface area is 136 Å². The summed E-state index contributed by atoms with van der Waals surface area (Å²) in [5, 5.41) is 5.42. The van der Waals surface area contributed by atoms with Crippen molar-refractivity contribution in [1.29, 1.82) is 0 Å². The second kappa shape index (κ2) is 7.20. The van der Waals surface area contributed by atoms with Gasteiger partial charge in [0.1, 0.15) is 6.73 Å². The molecule has 0 N–H and O–H groups in total. The zero-order valence-electron chi connectivity index (χ0n) is 13.2. The summed E-state index contributed by atoms with van der Waals surface area (Å²) in [6.07, 6.45) is 0. The summed E-state index contributed by atoms with van der Waals surface area (Å²) < 4.78 is 7.87. The van der Waals surface area contributed by atoms with Gasteiger partial charge in [-0.1, -0.05) is 42.4 Å². The number of fused-ring (bicyclic) bond motifs is 1. The largest absolute Gasteiger partial charge is 0.361 e. The van der Waals surface area contributed by atoms with E-state index in [0.717, 1.165) is 29.2 Å². The lowest BCUT2D eigenvalue weighted by Gasteiger charge is -2.16. The predicted octanol–water partition coefficient (Wildman–Crippen LogP) is 5.42. The van der Waals surface area contributed by atoms with Gasteiger partial charge in [0, 0.05) is 35.7 Å². The number of rotatable bonds is 7. The molecule has 0 fully saturated rings. The highest BCUT2D eigenvalue weighted by Crippen LogP contribution is 2.24. The molecular formula is C15H21ClN4OSi. The lowest BCUT2D eigenvalue weighted by atomic mass is 10.2. The molecule has 2 rings (SSSR count). The highest BCUT2D eigenvalue weighted by atomic mass is 35.5. The summed E-state index contributed by atoms with van der Waals surface area (Å²) in [5.41, 5.74) is 10.5. The minimum atomic E-state index is -1.10. The van der Waals surface area contributed by atoms with Gasteiger partial charge in [0.2, 0.25) is 0 Å². The van der Waals surface area contributed by atoms with E-state index in [1.54, 1.807) is 0 Å². The van der Waals surface area contributed by atoms with Crippen LogP contribution in [0.25, 0.3) is 21.3 Å². The molecule has 0 saturated heterocycles. The van der Waals surface area contributed by atoms with Crippen LogP contribution in [0.1, 0.15) is 5.69 Å². The predicted molar refractivity (Wildman–Crippen MR) is 93.9 cm³/mol. The van der Waals surface area contributed by atoms with E-state index < -0.39 is 8.07 Å². The minimum absolute atomic E-state index is 0.306. The normalized spacial score (nSPS) is 11.6.